The standard InChI is InChI=1S/C19H21FN2O2/c1-11(2)24-18(23)15-9-22-10-16(19(3,4)5)21-17(22)13-7-6-12(20)8-14(13)15/h6-11H,1-5H3. The van der Waals surface area contributed by atoms with Crippen molar-refractivity contribution in [3.63, 3.8) is 0 Å². The Morgan fingerprint density at radius 2 is 1.92 bits per heavy atom. The highest BCUT2D eigenvalue weighted by molar-refractivity contribution is 6.08. The molecule has 0 radical (unpaired) electrons. The number of aromatic nitrogens is 2. The molecule has 2 heterocycles. The van der Waals surface area contributed by atoms with Crippen molar-refractivity contribution in [1.29, 1.82) is 0 Å². The lowest BCUT2D eigenvalue weighted by Gasteiger charge is -2.13. The zero-order valence-electron chi connectivity index (χ0n) is 14.6. The summed E-state index contributed by atoms with van der Waals surface area (Å²) in [6.45, 7) is 9.79. The molecule has 0 unspecified atom stereocenters. The Labute approximate surface area is 140 Å². The predicted molar refractivity (Wildman–Crippen MR) is 91.9 cm³/mol. The average molecular weight is 328 g/mol. The van der Waals surface area contributed by atoms with Crippen molar-refractivity contribution in [3.05, 3.63) is 47.7 Å². The van der Waals surface area contributed by atoms with E-state index in [1.807, 2.05) is 10.6 Å². The molecule has 2 aromatic heterocycles. The number of halogens is 1. The topological polar surface area (TPSA) is 43.6 Å². The fraction of sp³-hybridized carbons (Fsp3) is 0.368. The number of hydrogen-bond donors (Lipinski definition) is 0. The SMILES string of the molecule is CC(C)OC(=O)c1cn2cc(C(C)(C)C)nc2c2ccc(F)cc12. The molecule has 24 heavy (non-hydrogen) atoms. The number of carbonyl (C=O) groups excluding carboxylic acids is 1. The Balaban J connectivity index is 2.33. The number of fused-ring (bicyclic) bond motifs is 3. The lowest BCUT2D eigenvalue weighted by Crippen LogP contribution is -2.13. The zero-order valence-corrected chi connectivity index (χ0v) is 14.6. The van der Waals surface area contributed by atoms with Crippen molar-refractivity contribution >= 4 is 22.4 Å². The van der Waals surface area contributed by atoms with E-state index in [0.29, 0.717) is 16.6 Å². The van der Waals surface area contributed by atoms with Crippen molar-refractivity contribution in [1.82, 2.24) is 9.38 Å². The molecule has 0 saturated heterocycles. The highest BCUT2D eigenvalue weighted by Gasteiger charge is 2.21. The second-order valence-corrected chi connectivity index (χ2v) is 7.29. The molecule has 0 spiro atoms. The quantitative estimate of drug-likeness (QED) is 0.651. The monoisotopic (exact) mass is 328 g/mol. The largest absolute Gasteiger partial charge is 0.459 e. The van der Waals surface area contributed by atoms with Gasteiger partial charge in [-0.15, -0.1) is 0 Å². The first-order valence-corrected chi connectivity index (χ1v) is 7.99. The first-order valence-electron chi connectivity index (χ1n) is 7.99. The van der Waals surface area contributed by atoms with E-state index in [-0.39, 0.29) is 11.5 Å². The van der Waals surface area contributed by atoms with Crippen LogP contribution in [-0.4, -0.2) is 21.5 Å². The van der Waals surface area contributed by atoms with Crippen molar-refractivity contribution < 1.29 is 13.9 Å². The highest BCUT2D eigenvalue weighted by atomic mass is 19.1. The Morgan fingerprint density at radius 1 is 1.21 bits per heavy atom. The lowest BCUT2D eigenvalue weighted by molar-refractivity contribution is 0.0380. The number of esters is 1. The van der Waals surface area contributed by atoms with Gasteiger partial charge in [0.25, 0.3) is 0 Å². The summed E-state index contributed by atoms with van der Waals surface area (Å²) < 4.78 is 20.9. The van der Waals surface area contributed by atoms with Crippen LogP contribution in [0.5, 0.6) is 0 Å². The minimum absolute atomic E-state index is 0.128. The van der Waals surface area contributed by atoms with Gasteiger partial charge in [-0.3, -0.25) is 0 Å². The van der Waals surface area contributed by atoms with Gasteiger partial charge in [-0.1, -0.05) is 20.8 Å². The number of benzene rings is 1. The zero-order chi connectivity index (χ0) is 17.6. The van der Waals surface area contributed by atoms with Crippen LogP contribution < -0.4 is 0 Å². The molecule has 0 saturated carbocycles. The molecule has 3 aromatic rings. The number of imidazole rings is 1. The van der Waals surface area contributed by atoms with E-state index in [1.165, 1.54) is 12.1 Å². The maximum atomic E-state index is 13.8. The molecule has 0 aliphatic carbocycles. The van der Waals surface area contributed by atoms with Crippen molar-refractivity contribution in [2.45, 2.75) is 46.1 Å². The molecule has 0 atom stereocenters. The minimum atomic E-state index is -0.464. The number of carbonyl (C=O) groups is 1. The number of pyridine rings is 1. The van der Waals surface area contributed by atoms with Crippen LogP contribution >= 0.6 is 0 Å². The first-order chi connectivity index (χ1) is 11.2. The summed E-state index contributed by atoms with van der Waals surface area (Å²) in [6.07, 6.45) is 3.33. The fourth-order valence-electron chi connectivity index (χ4n) is 2.64. The Morgan fingerprint density at radius 3 is 2.54 bits per heavy atom. The van der Waals surface area contributed by atoms with Crippen LogP contribution in [0.3, 0.4) is 0 Å². The van der Waals surface area contributed by atoms with Crippen LogP contribution in [0.1, 0.15) is 50.7 Å². The van der Waals surface area contributed by atoms with E-state index in [4.69, 9.17) is 9.72 Å². The van der Waals surface area contributed by atoms with Gasteiger partial charge >= 0.3 is 5.97 Å². The van der Waals surface area contributed by atoms with E-state index in [0.717, 1.165) is 11.1 Å². The Bertz CT molecular complexity index is 936. The maximum Gasteiger partial charge on any atom is 0.340 e. The highest BCUT2D eigenvalue weighted by Crippen LogP contribution is 2.28. The normalized spacial score (nSPS) is 12.3. The lowest BCUT2D eigenvalue weighted by atomic mass is 9.93. The molecule has 5 heteroatoms. The van der Waals surface area contributed by atoms with Crippen molar-refractivity contribution in [2.75, 3.05) is 0 Å². The molecule has 4 nitrogen and oxygen atoms in total. The van der Waals surface area contributed by atoms with Crippen LogP contribution in [0.15, 0.2) is 30.6 Å². The van der Waals surface area contributed by atoms with Gasteiger partial charge in [0, 0.05) is 28.6 Å². The first kappa shape index (κ1) is 16.4. The number of nitrogens with zero attached hydrogens (tertiary/aromatic N) is 2. The van der Waals surface area contributed by atoms with Crippen molar-refractivity contribution in [2.24, 2.45) is 0 Å². The van der Waals surface area contributed by atoms with Crippen molar-refractivity contribution in [3.8, 4) is 0 Å². The summed E-state index contributed by atoms with van der Waals surface area (Å²) in [5.74, 6) is -0.860. The summed E-state index contributed by atoms with van der Waals surface area (Å²) in [4.78, 5) is 17.1. The average Bonchev–Trinajstić information content (AvgIpc) is 2.89. The van der Waals surface area contributed by atoms with Gasteiger partial charge < -0.3 is 9.14 Å². The molecule has 0 aliphatic heterocycles. The van der Waals surface area contributed by atoms with Gasteiger partial charge in [-0.05, 0) is 32.0 Å². The predicted octanol–water partition coefficient (Wildman–Crippen LogP) is 4.49. The number of ether oxygens (including phenoxy) is 1. The van der Waals surface area contributed by atoms with Crippen LogP contribution in [-0.2, 0) is 10.2 Å². The van der Waals surface area contributed by atoms with Crippen LogP contribution in [0.25, 0.3) is 16.4 Å². The van der Waals surface area contributed by atoms with Crippen LogP contribution in [0.2, 0.25) is 0 Å². The van der Waals surface area contributed by atoms with Crippen LogP contribution in [0, 0.1) is 5.82 Å². The molecule has 0 bridgehead atoms. The third-order valence-corrected chi connectivity index (χ3v) is 3.84. The molecule has 126 valence electrons. The Kier molecular flexibility index (Phi) is 3.82. The number of hydrogen-bond acceptors (Lipinski definition) is 3. The molecule has 3 rings (SSSR count). The van der Waals surface area contributed by atoms with E-state index in [2.05, 4.69) is 20.8 Å². The molecule has 1 aromatic carbocycles. The van der Waals surface area contributed by atoms with Gasteiger partial charge in [0.2, 0.25) is 0 Å². The van der Waals surface area contributed by atoms with Gasteiger partial charge in [-0.25, -0.2) is 14.2 Å². The molecule has 0 amide bonds. The second-order valence-electron chi connectivity index (χ2n) is 7.29. The van der Waals surface area contributed by atoms with E-state index < -0.39 is 11.8 Å². The third-order valence-electron chi connectivity index (χ3n) is 3.84. The van der Waals surface area contributed by atoms with Gasteiger partial charge in [-0.2, -0.15) is 0 Å². The van der Waals surface area contributed by atoms with Gasteiger partial charge in [0.05, 0.1) is 17.4 Å². The smallest absolute Gasteiger partial charge is 0.340 e. The molecule has 0 aliphatic rings. The van der Waals surface area contributed by atoms with E-state index in [1.54, 1.807) is 26.1 Å². The molecular weight excluding hydrogens is 307 g/mol. The summed E-state index contributed by atoms with van der Waals surface area (Å²) in [5.41, 5.74) is 1.82. The summed E-state index contributed by atoms with van der Waals surface area (Å²) in [6, 6.07) is 4.40. The third kappa shape index (κ3) is 2.86. The molecule has 0 fully saturated rings. The summed E-state index contributed by atoms with van der Waals surface area (Å²) in [7, 11) is 0. The van der Waals surface area contributed by atoms with Crippen LogP contribution in [0.4, 0.5) is 4.39 Å². The summed E-state index contributed by atoms with van der Waals surface area (Å²) in [5, 5.41) is 1.24. The van der Waals surface area contributed by atoms with E-state index >= 15 is 0 Å². The maximum absolute atomic E-state index is 13.8. The summed E-state index contributed by atoms with van der Waals surface area (Å²) >= 11 is 0. The second kappa shape index (κ2) is 5.58. The number of rotatable bonds is 2. The van der Waals surface area contributed by atoms with Gasteiger partial charge in [0.15, 0.2) is 0 Å². The fourth-order valence-corrected chi connectivity index (χ4v) is 2.64. The van der Waals surface area contributed by atoms with Gasteiger partial charge in [0.1, 0.15) is 11.5 Å². The minimum Gasteiger partial charge on any atom is -0.459 e. The Hall–Kier alpha value is -2.43. The molecule has 0 N–H and O–H groups in total. The molecular formula is C19H21FN2O2. The van der Waals surface area contributed by atoms with E-state index in [9.17, 15) is 9.18 Å².